The molecule has 2 aliphatic heterocycles. The maximum atomic E-state index is 12.7. The van der Waals surface area contributed by atoms with E-state index < -0.39 is 87.6 Å². The van der Waals surface area contributed by atoms with Crippen molar-refractivity contribution in [1.82, 2.24) is 0 Å². The maximum absolute atomic E-state index is 12.7. The molecule has 2 aliphatic rings. The molecule has 3 aromatic carbocycles. The van der Waals surface area contributed by atoms with Crippen LogP contribution in [0.4, 0.5) is 11.4 Å². The Hall–Kier alpha value is -4.11. The van der Waals surface area contributed by atoms with Crippen molar-refractivity contribution in [3.8, 4) is 0 Å². The lowest BCUT2D eigenvalue weighted by atomic mass is 9.75. The molecule has 0 radical (unpaired) electrons. The summed E-state index contributed by atoms with van der Waals surface area (Å²) in [5.74, 6) is -1.40. The highest BCUT2D eigenvalue weighted by Gasteiger charge is 2.48. The number of benzene rings is 3. The summed E-state index contributed by atoms with van der Waals surface area (Å²) < 4.78 is 181. The third kappa shape index (κ3) is 10.6. The minimum Gasteiger partial charge on any atom is -0.748 e. The minimum atomic E-state index is -5.11. The Balaban J connectivity index is 1.79. The van der Waals surface area contributed by atoms with Gasteiger partial charge in [-0.2, -0.15) is 38.2 Å². The van der Waals surface area contributed by atoms with Crippen molar-refractivity contribution >= 4 is 84.9 Å². The lowest BCUT2D eigenvalue weighted by Gasteiger charge is -2.31. The molecule has 2 heterocycles. The zero-order valence-electron chi connectivity index (χ0n) is 33.7. The molecule has 4 N–H and O–H groups in total. The maximum Gasteiger partial charge on any atom is 0.295 e. The van der Waals surface area contributed by atoms with E-state index in [1.165, 1.54) is 24.3 Å². The number of allylic oxidation sites excluding steroid dienone is 4. The molecule has 0 spiro atoms. The van der Waals surface area contributed by atoms with E-state index >= 15 is 0 Å². The van der Waals surface area contributed by atoms with Crippen LogP contribution in [0.5, 0.6) is 0 Å². The zero-order valence-corrected chi connectivity index (χ0v) is 37.7. The molecule has 1 unspecified atom stereocenters. The summed E-state index contributed by atoms with van der Waals surface area (Å²) in [6.45, 7) is 5.38. The molecule has 0 amide bonds. The normalized spacial score (nSPS) is 18.8. The molecular formula is C38H46N2O17S5. The van der Waals surface area contributed by atoms with Gasteiger partial charge in [0.2, 0.25) is 5.69 Å². The Kier molecular flexibility index (Phi) is 14.1. The van der Waals surface area contributed by atoms with E-state index in [2.05, 4.69) is 0 Å². The monoisotopic (exact) mass is 962 g/mol. The number of rotatable bonds is 20. The Morgan fingerprint density at radius 1 is 0.758 bits per heavy atom. The average molecular weight is 963 g/mol. The SMILES string of the molecule is CC1(C)C(/C=C/C=C2/N(CCCS(=O)(=O)O)c3ccc4c(S(=O)(=O)O)cc(S(=O)(=O)O)cc4c3C2(C)CCCCCOC=O)=[N+](CCCS(=O)(=O)[O-])c2cccc(S(=O)(=O)O)c21. The quantitative estimate of drug-likeness (QED) is 0.0536. The van der Waals surface area contributed by atoms with Crippen LogP contribution in [-0.2, 0) is 71.0 Å². The van der Waals surface area contributed by atoms with Gasteiger partial charge in [0, 0.05) is 53.0 Å². The van der Waals surface area contributed by atoms with Gasteiger partial charge in [0.25, 0.3) is 46.9 Å². The Morgan fingerprint density at radius 3 is 2.03 bits per heavy atom. The summed E-state index contributed by atoms with van der Waals surface area (Å²) in [4.78, 5) is 10.4. The first-order chi connectivity index (χ1) is 28.5. The van der Waals surface area contributed by atoms with Gasteiger partial charge in [-0.05, 0) is 81.3 Å². The topological polar surface area (TPSA) is 307 Å². The van der Waals surface area contributed by atoms with Gasteiger partial charge in [-0.1, -0.05) is 31.1 Å². The van der Waals surface area contributed by atoms with E-state index in [1.54, 1.807) is 54.5 Å². The van der Waals surface area contributed by atoms with Crippen LogP contribution in [0.1, 0.15) is 70.4 Å². The van der Waals surface area contributed by atoms with Gasteiger partial charge < -0.3 is 14.2 Å². The molecule has 340 valence electrons. The van der Waals surface area contributed by atoms with Gasteiger partial charge in [-0.15, -0.1) is 0 Å². The van der Waals surface area contributed by atoms with Crippen molar-refractivity contribution < 1.29 is 79.0 Å². The van der Waals surface area contributed by atoms with Crippen molar-refractivity contribution in [2.24, 2.45) is 0 Å². The fraction of sp³-hybridized carbons (Fsp3) is 0.421. The van der Waals surface area contributed by atoms with E-state index in [1.807, 2.05) is 0 Å². The fourth-order valence-electron chi connectivity index (χ4n) is 8.50. The second-order valence-corrected chi connectivity index (χ2v) is 22.9. The van der Waals surface area contributed by atoms with Gasteiger partial charge in [0.05, 0.1) is 38.4 Å². The van der Waals surface area contributed by atoms with Crippen molar-refractivity contribution in [3.05, 3.63) is 77.5 Å². The number of nitrogens with zero attached hydrogens (tertiary/aromatic N) is 2. The Bertz CT molecular complexity index is 2960. The number of hydrogen-bond acceptors (Lipinski definition) is 14. The molecule has 0 saturated heterocycles. The van der Waals surface area contributed by atoms with Gasteiger partial charge in [0.1, 0.15) is 16.3 Å². The van der Waals surface area contributed by atoms with E-state index in [0.717, 1.165) is 6.07 Å². The number of carbonyl (C=O) groups excluding carboxylic acids is 1. The fourth-order valence-corrected chi connectivity index (χ4v) is 11.7. The van der Waals surface area contributed by atoms with Crippen molar-refractivity contribution in [3.63, 3.8) is 0 Å². The van der Waals surface area contributed by atoms with Crippen LogP contribution in [0.3, 0.4) is 0 Å². The number of ether oxygens (including phenoxy) is 1. The van der Waals surface area contributed by atoms with E-state index in [4.69, 9.17) is 4.74 Å². The molecule has 0 aromatic heterocycles. The van der Waals surface area contributed by atoms with Crippen LogP contribution in [0.15, 0.2) is 81.1 Å². The minimum absolute atomic E-state index is 0.00295. The first-order valence-electron chi connectivity index (χ1n) is 18.9. The summed E-state index contributed by atoms with van der Waals surface area (Å²) in [6.07, 6.45) is 6.12. The number of carbonyl (C=O) groups is 1. The third-order valence-corrected chi connectivity index (χ3v) is 15.2. The summed E-state index contributed by atoms with van der Waals surface area (Å²) in [6, 6.07) is 8.68. The molecule has 62 heavy (non-hydrogen) atoms. The van der Waals surface area contributed by atoms with Crippen LogP contribution in [-0.4, -0.2) is 113 Å². The lowest BCUT2D eigenvalue weighted by Crippen LogP contribution is -2.30. The van der Waals surface area contributed by atoms with Gasteiger partial charge in [-0.25, -0.2) is 8.42 Å². The van der Waals surface area contributed by atoms with Crippen LogP contribution in [0, 0.1) is 0 Å². The highest BCUT2D eigenvalue weighted by molar-refractivity contribution is 7.87. The third-order valence-electron chi connectivity index (χ3n) is 11.0. The second kappa shape index (κ2) is 17.8. The van der Waals surface area contributed by atoms with Crippen molar-refractivity contribution in [2.75, 3.05) is 36.1 Å². The van der Waals surface area contributed by atoms with Crippen LogP contribution in [0.2, 0.25) is 0 Å². The molecule has 1 atom stereocenters. The molecule has 0 saturated carbocycles. The van der Waals surface area contributed by atoms with E-state index in [0.29, 0.717) is 60.1 Å². The van der Waals surface area contributed by atoms with E-state index in [9.17, 15) is 69.6 Å². The number of unbranched alkanes of at least 4 members (excludes halogenated alkanes) is 2. The smallest absolute Gasteiger partial charge is 0.295 e. The predicted octanol–water partition coefficient (Wildman–Crippen LogP) is 4.12. The lowest BCUT2D eigenvalue weighted by molar-refractivity contribution is -0.437. The summed E-state index contributed by atoms with van der Waals surface area (Å²) >= 11 is 0. The van der Waals surface area contributed by atoms with Crippen LogP contribution < -0.4 is 4.90 Å². The average Bonchev–Trinajstić information content (AvgIpc) is 3.50. The molecule has 0 bridgehead atoms. The van der Waals surface area contributed by atoms with Crippen LogP contribution in [0.25, 0.3) is 10.8 Å². The summed E-state index contributed by atoms with van der Waals surface area (Å²) in [5, 5.41) is -0.103. The Labute approximate surface area is 360 Å². The first kappa shape index (κ1) is 48.9. The standard InChI is InChI=1S/C38H46N2O17S5/c1-37(2)33(39(18-9-21-58(42,43)44)29-11-7-12-31(36(29)37)61(51,52)53)13-8-14-34-38(3,17-5-4-6-20-57-25-41)35-28-23-26(60(48,49)50)24-32(62(54,55)56)27(28)15-16-30(35)40(34)19-10-22-59(45,46)47/h7-8,11-16,23-25H,4-6,9-10,17-22H2,1-3H3,(H4-,42,43,44,45,46,47,48,49,50,51,52,53,54,55,56). The van der Waals surface area contributed by atoms with E-state index in [-0.39, 0.29) is 55.3 Å². The van der Waals surface area contributed by atoms with Gasteiger partial charge in [0.15, 0.2) is 5.71 Å². The number of fused-ring (bicyclic) bond motifs is 4. The largest absolute Gasteiger partial charge is 0.748 e. The molecule has 0 aliphatic carbocycles. The molecule has 3 aromatic rings. The Morgan fingerprint density at radius 2 is 1.44 bits per heavy atom. The highest BCUT2D eigenvalue weighted by Crippen LogP contribution is 2.54. The van der Waals surface area contributed by atoms with Gasteiger partial charge >= 0.3 is 0 Å². The van der Waals surface area contributed by atoms with Crippen molar-refractivity contribution in [1.29, 1.82) is 0 Å². The highest BCUT2D eigenvalue weighted by atomic mass is 32.2. The number of hydrogen-bond donors (Lipinski definition) is 4. The summed E-state index contributed by atoms with van der Waals surface area (Å²) in [7, 11) is -24.1. The molecule has 19 nitrogen and oxygen atoms in total. The predicted molar refractivity (Wildman–Crippen MR) is 225 cm³/mol. The molecule has 24 heteroatoms. The summed E-state index contributed by atoms with van der Waals surface area (Å²) in [5.41, 5.74) is -0.335. The second-order valence-electron chi connectivity index (χ2n) is 15.6. The molecular weight excluding hydrogens is 917 g/mol. The first-order valence-corrected chi connectivity index (χ1v) is 26.5. The molecule has 5 rings (SSSR count). The number of anilines is 1. The zero-order chi connectivity index (χ0) is 46.3. The van der Waals surface area contributed by atoms with Crippen molar-refractivity contribution in [2.45, 2.75) is 84.8 Å². The molecule has 0 fully saturated rings. The van der Waals surface area contributed by atoms with Gasteiger partial charge in [-0.3, -0.25) is 23.0 Å². The van der Waals surface area contributed by atoms with Crippen LogP contribution >= 0.6 is 0 Å².